The zero-order valence-electron chi connectivity index (χ0n) is 25.6. The summed E-state index contributed by atoms with van der Waals surface area (Å²) in [6, 6.07) is 4.77. The fraction of sp³-hybridized carbons (Fsp3) is 0.323. The first-order valence-corrected chi connectivity index (χ1v) is 14.2. The van der Waals surface area contributed by atoms with E-state index < -0.39 is 29.2 Å². The molecule has 2 aromatic heterocycles. The third-order valence-corrected chi connectivity index (χ3v) is 7.20. The Hall–Kier alpha value is -5.20. The van der Waals surface area contributed by atoms with Gasteiger partial charge in [-0.25, -0.2) is 9.97 Å². The highest BCUT2D eigenvalue weighted by Crippen LogP contribution is 2.22. The first kappa shape index (κ1) is 33.7. The molecule has 3 heterocycles. The smallest absolute Gasteiger partial charge is 0.358 e. The normalized spacial score (nSPS) is 14.7. The second-order valence-corrected chi connectivity index (χ2v) is 10.9. The lowest BCUT2D eigenvalue weighted by molar-refractivity contribution is -0.391. The van der Waals surface area contributed by atoms with Crippen LogP contribution in [0.5, 0.6) is 0 Å². The average molecular weight is 638 g/mol. The maximum Gasteiger partial charge on any atom is 0.392 e. The molecule has 12 nitrogen and oxygen atoms in total. The van der Waals surface area contributed by atoms with Crippen LogP contribution < -0.4 is 11.2 Å². The monoisotopic (exact) mass is 637 g/mol. The van der Waals surface area contributed by atoms with Crippen molar-refractivity contribution in [3.8, 4) is 23.5 Å². The average Bonchev–Trinajstić information content (AvgIpc) is 3.55. The summed E-state index contributed by atoms with van der Waals surface area (Å²) in [5, 5.41) is 13.7. The zero-order valence-corrected chi connectivity index (χ0v) is 25.6. The molecule has 3 aromatic rings. The topological polar surface area (TPSA) is 140 Å². The molecule has 1 aromatic carbocycles. The number of nitrogens with two attached hydrogens (primary N) is 1. The number of rotatable bonds is 9. The van der Waals surface area contributed by atoms with E-state index in [1.165, 1.54) is 12.1 Å². The van der Waals surface area contributed by atoms with Crippen molar-refractivity contribution in [1.29, 1.82) is 0 Å². The Kier molecular flexibility index (Phi) is 10.5. The molecular formula is C31H34F3N9O3. The summed E-state index contributed by atoms with van der Waals surface area (Å²) in [7, 11) is 3.70. The van der Waals surface area contributed by atoms with Crippen molar-refractivity contribution in [3.63, 3.8) is 0 Å². The van der Waals surface area contributed by atoms with E-state index in [-0.39, 0.29) is 22.9 Å². The molecule has 1 aliphatic rings. The zero-order chi connectivity index (χ0) is 33.6. The van der Waals surface area contributed by atoms with Crippen LogP contribution in [-0.4, -0.2) is 85.8 Å². The van der Waals surface area contributed by atoms with Crippen molar-refractivity contribution < 1.29 is 22.9 Å². The molecule has 1 fully saturated rings. The first-order valence-electron chi connectivity index (χ1n) is 14.2. The number of likely N-dealkylation sites (N-methyl/N-ethyl adjacent to an activating group) is 1. The van der Waals surface area contributed by atoms with E-state index in [4.69, 9.17) is 5.84 Å². The minimum absolute atomic E-state index is 0.00502. The number of carbonyl (C=O) groups excluding carboxylic acids is 1. The van der Waals surface area contributed by atoms with Crippen LogP contribution in [-0.2, 0) is 7.05 Å². The molecule has 46 heavy (non-hydrogen) atoms. The maximum absolute atomic E-state index is 13.2. The Balaban J connectivity index is 1.50. The summed E-state index contributed by atoms with van der Waals surface area (Å²) >= 11 is 0. The molecule has 0 spiro atoms. The molecule has 0 atom stereocenters. The highest BCUT2D eigenvalue weighted by Gasteiger charge is 2.26. The summed E-state index contributed by atoms with van der Waals surface area (Å²) in [5.41, 5.74) is 2.45. The van der Waals surface area contributed by atoms with Crippen molar-refractivity contribution in [2.45, 2.75) is 19.5 Å². The van der Waals surface area contributed by atoms with Crippen molar-refractivity contribution in [1.82, 2.24) is 34.3 Å². The number of halogens is 3. The number of carbonyl (C=O) groups is 1. The molecule has 0 radical (unpaired) electrons. The fourth-order valence-corrected chi connectivity index (χ4v) is 4.56. The minimum atomic E-state index is -4.45. The van der Waals surface area contributed by atoms with Crippen molar-refractivity contribution >= 4 is 11.7 Å². The van der Waals surface area contributed by atoms with Crippen molar-refractivity contribution in [2.24, 2.45) is 7.05 Å². The van der Waals surface area contributed by atoms with Crippen LogP contribution in [0.2, 0.25) is 0 Å². The number of aryl methyl sites for hydroxylation is 2. The molecule has 15 heteroatoms. The van der Waals surface area contributed by atoms with Gasteiger partial charge in [0.25, 0.3) is 11.7 Å². The van der Waals surface area contributed by atoms with Crippen LogP contribution in [0.4, 0.5) is 19.0 Å². The predicted molar refractivity (Wildman–Crippen MR) is 167 cm³/mol. The van der Waals surface area contributed by atoms with E-state index in [9.17, 15) is 28.1 Å². The lowest BCUT2D eigenvalue weighted by Gasteiger charge is -2.32. The number of allylic oxidation sites excluding steroid dienone is 2. The summed E-state index contributed by atoms with van der Waals surface area (Å²) < 4.78 is 41.5. The standard InChI is InChI=1S/C31H34F3N9O3/c1-21(19-41-15-13-39(3)14-16-41)5-9-25(11-12-31(32,33)34)38-30(44)24-7-6-22(2)23(17-24)8-10-26-20-40(4)29(37-26)28-36-18-27(42(28)35)43(45)46/h5-7,9,11,17-18,20H,1,12-16,19,35H2,2-4H3,(H,38,44)/b9-5-,25-11+. The summed E-state index contributed by atoms with van der Waals surface area (Å²) in [6.45, 7) is 9.95. The lowest BCUT2D eigenvalue weighted by atomic mass is 10.0. The Morgan fingerprint density at radius 1 is 1.17 bits per heavy atom. The predicted octanol–water partition coefficient (Wildman–Crippen LogP) is 3.54. The molecule has 1 saturated heterocycles. The molecule has 0 bridgehead atoms. The maximum atomic E-state index is 13.2. The van der Waals surface area contributed by atoms with Gasteiger partial charge in [-0.05, 0) is 54.2 Å². The number of hydrogen-bond acceptors (Lipinski definition) is 8. The van der Waals surface area contributed by atoms with E-state index in [1.54, 1.807) is 42.9 Å². The number of aromatic nitrogens is 4. The van der Waals surface area contributed by atoms with Crippen LogP contribution in [0.25, 0.3) is 11.6 Å². The van der Waals surface area contributed by atoms with E-state index in [0.717, 1.165) is 48.7 Å². The Labute approximate surface area is 263 Å². The molecule has 4 rings (SSSR count). The van der Waals surface area contributed by atoms with Crippen LogP contribution in [0, 0.1) is 28.9 Å². The SMILES string of the molecule is C=C(/C=C\C(=C/CC(F)(F)F)NC(=O)c1ccc(C)c(C#Cc2cn(C)c(-c3ncc([N+](=O)[O-])n3N)n2)c1)CN1CCN(C)CC1. The van der Waals surface area contributed by atoms with Crippen molar-refractivity contribution in [2.75, 3.05) is 45.6 Å². The number of nitrogens with one attached hydrogen (secondary N) is 1. The molecule has 242 valence electrons. The number of alkyl halides is 3. The number of piperazine rings is 1. The molecule has 0 aliphatic carbocycles. The number of hydrogen-bond donors (Lipinski definition) is 2. The summed E-state index contributed by atoms with van der Waals surface area (Å²) in [4.78, 5) is 36.4. The van der Waals surface area contributed by atoms with Crippen LogP contribution >= 0.6 is 0 Å². The Morgan fingerprint density at radius 3 is 2.54 bits per heavy atom. The quantitative estimate of drug-likeness (QED) is 0.119. The van der Waals surface area contributed by atoms with E-state index in [1.807, 2.05) is 7.05 Å². The van der Waals surface area contributed by atoms with Gasteiger partial charge in [0.2, 0.25) is 5.82 Å². The third-order valence-electron chi connectivity index (χ3n) is 7.20. The molecular weight excluding hydrogens is 603 g/mol. The van der Waals surface area contributed by atoms with Gasteiger partial charge in [0.05, 0.1) is 6.42 Å². The van der Waals surface area contributed by atoms with Crippen LogP contribution in [0.15, 0.2) is 66.7 Å². The molecule has 1 amide bonds. The van der Waals surface area contributed by atoms with Gasteiger partial charge in [0.15, 0.2) is 0 Å². The molecule has 1 aliphatic heterocycles. The van der Waals surface area contributed by atoms with Gasteiger partial charge in [-0.15, -0.1) is 4.68 Å². The number of amides is 1. The van der Waals surface area contributed by atoms with E-state index >= 15 is 0 Å². The van der Waals surface area contributed by atoms with Gasteiger partial charge in [-0.1, -0.05) is 30.7 Å². The lowest BCUT2D eigenvalue weighted by Crippen LogP contribution is -2.44. The minimum Gasteiger partial charge on any atom is -0.358 e. The van der Waals surface area contributed by atoms with Gasteiger partial charge in [0, 0.05) is 62.8 Å². The Morgan fingerprint density at radius 2 is 1.89 bits per heavy atom. The number of benzene rings is 1. The van der Waals surface area contributed by atoms with Gasteiger partial charge in [-0.2, -0.15) is 13.2 Å². The number of nitrogen functional groups attached to an aromatic ring is 1. The summed E-state index contributed by atoms with van der Waals surface area (Å²) in [6.07, 6.45) is 0.922. The van der Waals surface area contributed by atoms with Gasteiger partial charge in [-0.3, -0.25) is 15.5 Å². The third kappa shape index (κ3) is 8.93. The second kappa shape index (κ2) is 14.3. The molecule has 3 N–H and O–H groups in total. The highest BCUT2D eigenvalue weighted by molar-refractivity contribution is 5.96. The van der Waals surface area contributed by atoms with E-state index in [0.29, 0.717) is 23.4 Å². The van der Waals surface area contributed by atoms with Crippen LogP contribution in [0.3, 0.4) is 0 Å². The number of imidazole rings is 2. The fourth-order valence-electron chi connectivity index (χ4n) is 4.56. The Bertz CT molecular complexity index is 1750. The highest BCUT2D eigenvalue weighted by atomic mass is 19.4. The van der Waals surface area contributed by atoms with Gasteiger partial charge >= 0.3 is 12.0 Å². The van der Waals surface area contributed by atoms with Gasteiger partial charge < -0.3 is 24.9 Å². The van der Waals surface area contributed by atoms with Crippen molar-refractivity contribution in [3.05, 3.63) is 99.2 Å². The summed E-state index contributed by atoms with van der Waals surface area (Å²) in [5.74, 6) is 11.0. The number of nitro groups is 1. The molecule has 0 unspecified atom stereocenters. The largest absolute Gasteiger partial charge is 0.392 e. The van der Waals surface area contributed by atoms with Gasteiger partial charge in [0.1, 0.15) is 11.9 Å². The second-order valence-electron chi connectivity index (χ2n) is 10.9. The van der Waals surface area contributed by atoms with Crippen LogP contribution in [0.1, 0.15) is 33.6 Å². The number of nitrogens with zero attached hydrogens (tertiary/aromatic N) is 7. The first-order chi connectivity index (χ1) is 21.7. The van der Waals surface area contributed by atoms with E-state index in [2.05, 4.69) is 43.5 Å². The molecule has 0 saturated carbocycles.